The lowest BCUT2D eigenvalue weighted by atomic mass is 9.95. The van der Waals surface area contributed by atoms with Crippen molar-refractivity contribution in [2.24, 2.45) is 0 Å². The highest BCUT2D eigenvalue weighted by Crippen LogP contribution is 2.31. The van der Waals surface area contributed by atoms with E-state index in [1.807, 2.05) is 13.0 Å². The van der Waals surface area contributed by atoms with E-state index < -0.39 is 0 Å². The molecule has 0 aliphatic carbocycles. The third kappa shape index (κ3) is 4.16. The molecule has 3 nitrogen and oxygen atoms in total. The highest BCUT2D eigenvalue weighted by Gasteiger charge is 2.23. The quantitative estimate of drug-likeness (QED) is 0.906. The lowest BCUT2D eigenvalue weighted by Gasteiger charge is -2.31. The van der Waals surface area contributed by atoms with Crippen LogP contribution in [-0.2, 0) is 0 Å². The molecule has 0 spiro atoms. The summed E-state index contributed by atoms with van der Waals surface area (Å²) in [7, 11) is 0. The summed E-state index contributed by atoms with van der Waals surface area (Å²) in [5.41, 5.74) is 3.99. The van der Waals surface area contributed by atoms with E-state index in [2.05, 4.69) is 59.6 Å². The Morgan fingerprint density at radius 1 is 1.04 bits per heavy atom. The molecule has 0 saturated carbocycles. The lowest BCUT2D eigenvalue weighted by molar-refractivity contribution is 0.240. The van der Waals surface area contributed by atoms with Crippen molar-refractivity contribution < 1.29 is 4.74 Å². The number of hydrogen-bond donors (Lipinski definition) is 1. The van der Waals surface area contributed by atoms with Crippen LogP contribution >= 0.6 is 0 Å². The van der Waals surface area contributed by atoms with Crippen LogP contribution in [0.5, 0.6) is 5.75 Å². The van der Waals surface area contributed by atoms with Gasteiger partial charge in [0.2, 0.25) is 0 Å². The third-order valence-electron chi connectivity index (χ3n) is 4.58. The first kappa shape index (κ1) is 17.0. The molecule has 1 aliphatic rings. The van der Waals surface area contributed by atoms with E-state index in [1.54, 1.807) is 0 Å². The van der Waals surface area contributed by atoms with Gasteiger partial charge < -0.3 is 10.1 Å². The van der Waals surface area contributed by atoms with Crippen molar-refractivity contribution in [1.82, 2.24) is 10.2 Å². The fourth-order valence-corrected chi connectivity index (χ4v) is 3.52. The van der Waals surface area contributed by atoms with Crippen LogP contribution in [-0.4, -0.2) is 37.7 Å². The fraction of sp³-hybridized carbons (Fsp3) is 0.429. The summed E-state index contributed by atoms with van der Waals surface area (Å²) in [6.07, 6.45) is 1.19. The number of ether oxygens (including phenoxy) is 1. The zero-order valence-corrected chi connectivity index (χ0v) is 14.8. The standard InChI is InChI=1S/C21H28N2O/c1-3-24-20-10-5-9-19(16-20)21(18-8-4-7-17(2)15-18)23-13-6-11-22-12-14-23/h4-5,7-10,15-16,21-22H,3,6,11-14H2,1-2H3. The van der Waals surface area contributed by atoms with Crippen LogP contribution in [0.3, 0.4) is 0 Å². The molecule has 3 heteroatoms. The van der Waals surface area contributed by atoms with Crippen molar-refractivity contribution in [3.63, 3.8) is 0 Å². The summed E-state index contributed by atoms with van der Waals surface area (Å²) in [5.74, 6) is 0.959. The molecule has 1 fully saturated rings. The van der Waals surface area contributed by atoms with Crippen LogP contribution in [0.1, 0.15) is 36.1 Å². The van der Waals surface area contributed by atoms with Crippen LogP contribution in [0.4, 0.5) is 0 Å². The molecule has 128 valence electrons. The van der Waals surface area contributed by atoms with Crippen molar-refractivity contribution in [2.45, 2.75) is 26.3 Å². The minimum absolute atomic E-state index is 0.283. The Hall–Kier alpha value is -1.84. The van der Waals surface area contributed by atoms with Crippen LogP contribution < -0.4 is 10.1 Å². The molecule has 1 heterocycles. The topological polar surface area (TPSA) is 24.5 Å². The Balaban J connectivity index is 1.99. The second-order valence-corrected chi connectivity index (χ2v) is 6.46. The lowest BCUT2D eigenvalue weighted by Crippen LogP contribution is -2.33. The average molecular weight is 324 g/mol. The first-order chi connectivity index (χ1) is 11.8. The largest absolute Gasteiger partial charge is 0.494 e. The van der Waals surface area contributed by atoms with Crippen LogP contribution in [0.2, 0.25) is 0 Å². The molecule has 1 N–H and O–H groups in total. The predicted molar refractivity (Wildman–Crippen MR) is 99.7 cm³/mol. The van der Waals surface area contributed by atoms with Gasteiger partial charge in [-0.25, -0.2) is 0 Å². The molecular weight excluding hydrogens is 296 g/mol. The molecule has 2 aromatic rings. The fourth-order valence-electron chi connectivity index (χ4n) is 3.52. The smallest absolute Gasteiger partial charge is 0.119 e. The minimum Gasteiger partial charge on any atom is -0.494 e. The normalized spacial score (nSPS) is 17.2. The van der Waals surface area contributed by atoms with Gasteiger partial charge in [-0.2, -0.15) is 0 Å². The minimum atomic E-state index is 0.283. The molecular formula is C21H28N2O. The van der Waals surface area contributed by atoms with Crippen LogP contribution in [0.15, 0.2) is 48.5 Å². The molecule has 1 saturated heterocycles. The van der Waals surface area contributed by atoms with Gasteiger partial charge >= 0.3 is 0 Å². The van der Waals surface area contributed by atoms with Crippen molar-refractivity contribution >= 4 is 0 Å². The van der Waals surface area contributed by atoms with Gasteiger partial charge in [-0.1, -0.05) is 42.0 Å². The molecule has 0 aromatic heterocycles. The molecule has 0 radical (unpaired) electrons. The summed E-state index contributed by atoms with van der Waals surface area (Å²) in [4.78, 5) is 2.60. The molecule has 0 amide bonds. The Morgan fingerprint density at radius 2 is 1.83 bits per heavy atom. The summed E-state index contributed by atoms with van der Waals surface area (Å²) >= 11 is 0. The molecule has 1 unspecified atom stereocenters. The van der Waals surface area contributed by atoms with Gasteiger partial charge in [0.05, 0.1) is 12.6 Å². The first-order valence-corrected chi connectivity index (χ1v) is 9.02. The summed E-state index contributed by atoms with van der Waals surface area (Å²) in [6.45, 7) is 9.24. The number of rotatable bonds is 5. The van der Waals surface area contributed by atoms with E-state index in [4.69, 9.17) is 4.74 Å². The van der Waals surface area contributed by atoms with Gasteiger partial charge in [0.1, 0.15) is 5.75 Å². The Morgan fingerprint density at radius 3 is 2.62 bits per heavy atom. The SMILES string of the molecule is CCOc1cccc(C(c2cccc(C)c2)N2CCCNCC2)c1. The predicted octanol–water partition coefficient (Wildman–Crippen LogP) is 3.78. The van der Waals surface area contributed by atoms with E-state index in [0.29, 0.717) is 6.61 Å². The Bertz CT molecular complexity index is 648. The number of aryl methyl sites for hydroxylation is 1. The van der Waals surface area contributed by atoms with E-state index in [1.165, 1.54) is 23.1 Å². The number of nitrogens with zero attached hydrogens (tertiary/aromatic N) is 1. The van der Waals surface area contributed by atoms with Gasteiger partial charge in [0, 0.05) is 19.6 Å². The van der Waals surface area contributed by atoms with Gasteiger partial charge in [-0.05, 0) is 50.1 Å². The molecule has 1 aliphatic heterocycles. The maximum Gasteiger partial charge on any atom is 0.119 e. The van der Waals surface area contributed by atoms with E-state index in [0.717, 1.165) is 31.9 Å². The van der Waals surface area contributed by atoms with Crippen molar-refractivity contribution in [2.75, 3.05) is 32.8 Å². The zero-order chi connectivity index (χ0) is 16.8. The number of benzene rings is 2. The highest BCUT2D eigenvalue weighted by molar-refractivity contribution is 5.38. The van der Waals surface area contributed by atoms with Crippen LogP contribution in [0.25, 0.3) is 0 Å². The summed E-state index contributed by atoms with van der Waals surface area (Å²) in [5, 5.41) is 3.51. The van der Waals surface area contributed by atoms with Gasteiger partial charge in [0.15, 0.2) is 0 Å². The molecule has 1 atom stereocenters. The van der Waals surface area contributed by atoms with Crippen molar-refractivity contribution in [3.8, 4) is 5.75 Å². The Labute approximate surface area is 145 Å². The third-order valence-corrected chi connectivity index (χ3v) is 4.58. The van der Waals surface area contributed by atoms with Crippen LogP contribution in [0, 0.1) is 6.92 Å². The van der Waals surface area contributed by atoms with Gasteiger partial charge in [-0.3, -0.25) is 4.90 Å². The second-order valence-electron chi connectivity index (χ2n) is 6.46. The number of hydrogen-bond acceptors (Lipinski definition) is 3. The Kier molecular flexibility index (Phi) is 5.89. The zero-order valence-electron chi connectivity index (χ0n) is 14.8. The molecule has 2 aromatic carbocycles. The van der Waals surface area contributed by atoms with Gasteiger partial charge in [-0.15, -0.1) is 0 Å². The molecule has 24 heavy (non-hydrogen) atoms. The highest BCUT2D eigenvalue weighted by atomic mass is 16.5. The van der Waals surface area contributed by atoms with E-state index in [-0.39, 0.29) is 6.04 Å². The van der Waals surface area contributed by atoms with Gasteiger partial charge in [0.25, 0.3) is 0 Å². The first-order valence-electron chi connectivity index (χ1n) is 9.02. The van der Waals surface area contributed by atoms with Crippen molar-refractivity contribution in [1.29, 1.82) is 0 Å². The van der Waals surface area contributed by atoms with E-state index >= 15 is 0 Å². The van der Waals surface area contributed by atoms with E-state index in [9.17, 15) is 0 Å². The van der Waals surface area contributed by atoms with Crippen molar-refractivity contribution in [3.05, 3.63) is 65.2 Å². The number of nitrogens with one attached hydrogen (secondary N) is 1. The maximum atomic E-state index is 5.74. The second kappa shape index (κ2) is 8.32. The summed E-state index contributed by atoms with van der Waals surface area (Å²) in [6, 6.07) is 17.8. The maximum absolute atomic E-state index is 5.74. The average Bonchev–Trinajstić information content (AvgIpc) is 2.85. The monoisotopic (exact) mass is 324 g/mol. The summed E-state index contributed by atoms with van der Waals surface area (Å²) < 4.78 is 5.74. The molecule has 0 bridgehead atoms. The molecule has 3 rings (SSSR count).